The van der Waals surface area contributed by atoms with Gasteiger partial charge in [0.1, 0.15) is 5.82 Å². The highest BCUT2D eigenvalue weighted by Crippen LogP contribution is 2.13. The zero-order valence-electron chi connectivity index (χ0n) is 9.66. The van der Waals surface area contributed by atoms with Crippen LogP contribution in [0.1, 0.15) is 12.5 Å². The molecule has 0 spiro atoms. The van der Waals surface area contributed by atoms with Crippen LogP contribution in [0.4, 0.5) is 10.1 Å². The monoisotopic (exact) mass is 227 g/mol. The summed E-state index contributed by atoms with van der Waals surface area (Å²) in [5, 5.41) is 12.5. The zero-order chi connectivity index (χ0) is 12.0. The van der Waals surface area contributed by atoms with Crippen molar-refractivity contribution in [2.45, 2.75) is 20.0 Å². The molecule has 0 heterocycles. The van der Waals surface area contributed by atoms with Crippen molar-refractivity contribution in [1.29, 1.82) is 0 Å². The molecule has 0 aliphatic heterocycles. The molecule has 90 valence electrons. The average molecular weight is 227 g/mol. The Balaban J connectivity index is 2.41. The van der Waals surface area contributed by atoms with Crippen molar-refractivity contribution in [3.63, 3.8) is 0 Å². The lowest BCUT2D eigenvalue weighted by atomic mass is 10.2. The van der Waals surface area contributed by atoms with Crippen molar-refractivity contribution >= 4 is 5.69 Å². The van der Waals surface area contributed by atoms with E-state index in [0.717, 1.165) is 5.56 Å². The molecule has 1 unspecified atom stereocenters. The fourth-order valence-electron chi connectivity index (χ4n) is 1.39. The largest absolute Gasteiger partial charge is 0.389 e. The first-order valence-electron chi connectivity index (χ1n) is 5.38. The second-order valence-corrected chi connectivity index (χ2v) is 3.71. The second-order valence-electron chi connectivity index (χ2n) is 3.71. The Bertz CT molecular complexity index is 311. The predicted octanol–water partition coefficient (Wildman–Crippen LogP) is 1.94. The van der Waals surface area contributed by atoms with E-state index in [2.05, 4.69) is 5.32 Å². The van der Waals surface area contributed by atoms with Crippen molar-refractivity contribution in [1.82, 2.24) is 0 Å². The highest BCUT2D eigenvalue weighted by molar-refractivity contribution is 5.46. The first-order valence-corrected chi connectivity index (χ1v) is 5.38. The van der Waals surface area contributed by atoms with Crippen molar-refractivity contribution in [3.05, 3.63) is 29.6 Å². The quantitative estimate of drug-likeness (QED) is 0.780. The topological polar surface area (TPSA) is 41.5 Å². The van der Waals surface area contributed by atoms with Crippen molar-refractivity contribution in [2.24, 2.45) is 0 Å². The number of hydrogen-bond donors (Lipinski definition) is 2. The van der Waals surface area contributed by atoms with E-state index in [4.69, 9.17) is 4.74 Å². The van der Waals surface area contributed by atoms with Gasteiger partial charge in [-0.3, -0.25) is 0 Å². The fraction of sp³-hybridized carbons (Fsp3) is 0.500. The van der Waals surface area contributed by atoms with E-state index in [9.17, 15) is 9.50 Å². The molecule has 3 nitrogen and oxygen atoms in total. The fourth-order valence-corrected chi connectivity index (χ4v) is 1.39. The van der Waals surface area contributed by atoms with Crippen LogP contribution in [0.5, 0.6) is 0 Å². The third-order valence-electron chi connectivity index (χ3n) is 2.10. The van der Waals surface area contributed by atoms with Crippen LogP contribution in [0.25, 0.3) is 0 Å². The summed E-state index contributed by atoms with van der Waals surface area (Å²) in [6.45, 7) is 4.91. The standard InChI is InChI=1S/C12H18FNO2/c1-3-16-8-12(15)7-14-11-5-9(2)4-10(13)6-11/h4-6,12,14-15H,3,7-8H2,1-2H3. The van der Waals surface area contributed by atoms with Gasteiger partial charge in [-0.25, -0.2) is 4.39 Å². The van der Waals surface area contributed by atoms with Gasteiger partial charge in [-0.2, -0.15) is 0 Å². The van der Waals surface area contributed by atoms with Gasteiger partial charge in [-0.15, -0.1) is 0 Å². The molecular formula is C12H18FNO2. The predicted molar refractivity (Wildman–Crippen MR) is 62.1 cm³/mol. The lowest BCUT2D eigenvalue weighted by Crippen LogP contribution is -2.24. The molecule has 0 fully saturated rings. The number of anilines is 1. The number of nitrogens with one attached hydrogen (secondary N) is 1. The summed E-state index contributed by atoms with van der Waals surface area (Å²) in [7, 11) is 0. The Labute approximate surface area is 95.2 Å². The first kappa shape index (κ1) is 12.9. The first-order chi connectivity index (χ1) is 7.61. The second kappa shape index (κ2) is 6.45. The molecule has 1 rings (SSSR count). The van der Waals surface area contributed by atoms with Gasteiger partial charge in [-0.05, 0) is 37.6 Å². The molecule has 0 saturated carbocycles. The summed E-state index contributed by atoms with van der Waals surface area (Å²) in [6, 6.07) is 4.69. The van der Waals surface area contributed by atoms with Gasteiger partial charge in [0.2, 0.25) is 0 Å². The van der Waals surface area contributed by atoms with E-state index >= 15 is 0 Å². The number of rotatable bonds is 6. The van der Waals surface area contributed by atoms with Crippen molar-refractivity contribution in [2.75, 3.05) is 25.1 Å². The van der Waals surface area contributed by atoms with Gasteiger partial charge in [0.05, 0.1) is 12.7 Å². The third-order valence-corrected chi connectivity index (χ3v) is 2.10. The van der Waals surface area contributed by atoms with Crippen LogP contribution in [0.2, 0.25) is 0 Å². The molecule has 0 bridgehead atoms. The number of halogens is 1. The summed E-state index contributed by atoms with van der Waals surface area (Å²) in [5.41, 5.74) is 1.52. The molecule has 0 radical (unpaired) electrons. The Morgan fingerprint density at radius 2 is 2.19 bits per heavy atom. The zero-order valence-corrected chi connectivity index (χ0v) is 9.66. The van der Waals surface area contributed by atoms with Crippen LogP contribution in [0.3, 0.4) is 0 Å². The van der Waals surface area contributed by atoms with Gasteiger partial charge in [-0.1, -0.05) is 0 Å². The molecule has 0 amide bonds. The van der Waals surface area contributed by atoms with Gasteiger partial charge in [0.25, 0.3) is 0 Å². The highest BCUT2D eigenvalue weighted by atomic mass is 19.1. The minimum absolute atomic E-state index is 0.276. The van der Waals surface area contributed by atoms with E-state index in [0.29, 0.717) is 18.8 Å². The van der Waals surface area contributed by atoms with E-state index < -0.39 is 6.10 Å². The van der Waals surface area contributed by atoms with Crippen LogP contribution in [0.15, 0.2) is 18.2 Å². The van der Waals surface area contributed by atoms with Crippen molar-refractivity contribution in [3.8, 4) is 0 Å². The minimum Gasteiger partial charge on any atom is -0.389 e. The Morgan fingerprint density at radius 3 is 2.81 bits per heavy atom. The van der Waals surface area contributed by atoms with Crippen LogP contribution >= 0.6 is 0 Å². The number of aliphatic hydroxyl groups is 1. The highest BCUT2D eigenvalue weighted by Gasteiger charge is 2.04. The lowest BCUT2D eigenvalue weighted by molar-refractivity contribution is 0.0496. The van der Waals surface area contributed by atoms with Crippen LogP contribution in [-0.2, 0) is 4.74 Å². The number of ether oxygens (including phenoxy) is 1. The van der Waals surface area contributed by atoms with Crippen molar-refractivity contribution < 1.29 is 14.2 Å². The van der Waals surface area contributed by atoms with Crippen LogP contribution < -0.4 is 5.32 Å². The molecule has 1 aromatic carbocycles. The molecule has 4 heteroatoms. The third kappa shape index (κ3) is 4.59. The lowest BCUT2D eigenvalue weighted by Gasteiger charge is -2.13. The number of benzene rings is 1. The van der Waals surface area contributed by atoms with Crippen LogP contribution in [0, 0.1) is 12.7 Å². The minimum atomic E-state index is -0.580. The number of aliphatic hydroxyl groups excluding tert-OH is 1. The molecule has 1 aromatic rings. The summed E-state index contributed by atoms with van der Waals surface area (Å²) in [5.74, 6) is -0.276. The summed E-state index contributed by atoms with van der Waals surface area (Å²) < 4.78 is 18.1. The smallest absolute Gasteiger partial charge is 0.125 e. The Hall–Kier alpha value is -1.13. The van der Waals surface area contributed by atoms with E-state index in [1.807, 2.05) is 19.9 Å². The molecule has 16 heavy (non-hydrogen) atoms. The molecule has 0 saturated heterocycles. The van der Waals surface area contributed by atoms with Gasteiger partial charge >= 0.3 is 0 Å². The van der Waals surface area contributed by atoms with E-state index in [1.165, 1.54) is 12.1 Å². The summed E-state index contributed by atoms with van der Waals surface area (Å²) in [6.07, 6.45) is -0.580. The Morgan fingerprint density at radius 1 is 1.44 bits per heavy atom. The molecular weight excluding hydrogens is 209 g/mol. The van der Waals surface area contributed by atoms with E-state index in [1.54, 1.807) is 0 Å². The average Bonchev–Trinajstić information content (AvgIpc) is 2.22. The molecule has 0 aliphatic rings. The number of aryl methyl sites for hydroxylation is 1. The van der Waals surface area contributed by atoms with Gasteiger partial charge in [0.15, 0.2) is 0 Å². The normalized spacial score (nSPS) is 12.5. The maximum atomic E-state index is 13.0. The maximum Gasteiger partial charge on any atom is 0.125 e. The van der Waals surface area contributed by atoms with Gasteiger partial charge < -0.3 is 15.2 Å². The SMILES string of the molecule is CCOCC(O)CNc1cc(C)cc(F)c1. The molecule has 0 aromatic heterocycles. The summed E-state index contributed by atoms with van der Waals surface area (Å²) >= 11 is 0. The van der Waals surface area contributed by atoms with Gasteiger partial charge in [0, 0.05) is 18.8 Å². The van der Waals surface area contributed by atoms with E-state index in [-0.39, 0.29) is 12.4 Å². The summed E-state index contributed by atoms with van der Waals surface area (Å²) in [4.78, 5) is 0. The Kier molecular flexibility index (Phi) is 5.22. The molecule has 1 atom stereocenters. The van der Waals surface area contributed by atoms with Crippen LogP contribution in [-0.4, -0.2) is 31.0 Å². The molecule has 0 aliphatic carbocycles. The number of hydrogen-bond acceptors (Lipinski definition) is 3. The molecule has 2 N–H and O–H groups in total. The maximum absolute atomic E-state index is 13.0.